The first kappa shape index (κ1) is 18.5. The van der Waals surface area contributed by atoms with Crippen molar-refractivity contribution in [2.45, 2.75) is 12.8 Å². The maximum absolute atomic E-state index is 12.4. The molecule has 0 saturated carbocycles. The van der Waals surface area contributed by atoms with Gasteiger partial charge in [0.25, 0.3) is 29.3 Å². The monoisotopic (exact) mass is 393 g/mol. The molecule has 0 aromatic heterocycles. The number of carbonyl (C=O) groups excluding carboxylic acids is 4. The van der Waals surface area contributed by atoms with Crippen LogP contribution in [0, 0.1) is 10.1 Å². The number of nitrogens with zero attached hydrogens (tertiary/aromatic N) is 3. The number of nitro groups is 1. The number of hydrogen-bond acceptors (Lipinski definition) is 6. The summed E-state index contributed by atoms with van der Waals surface area (Å²) in [6.07, 6.45) is 0.806. The lowest BCUT2D eigenvalue weighted by atomic mass is 10.1. The third kappa shape index (κ3) is 2.96. The van der Waals surface area contributed by atoms with Gasteiger partial charge in [-0.25, -0.2) is 0 Å². The lowest BCUT2D eigenvalue weighted by Crippen LogP contribution is -2.33. The fourth-order valence-electron chi connectivity index (χ4n) is 3.58. The fraction of sp³-hybridized carbons (Fsp3) is 0.200. The van der Waals surface area contributed by atoms with Crippen molar-refractivity contribution in [2.24, 2.45) is 0 Å². The van der Waals surface area contributed by atoms with Crippen molar-refractivity contribution in [2.75, 3.05) is 13.1 Å². The van der Waals surface area contributed by atoms with Gasteiger partial charge in [-0.05, 0) is 31.0 Å². The minimum atomic E-state index is -0.622. The van der Waals surface area contributed by atoms with Crippen LogP contribution in [-0.4, -0.2) is 51.4 Å². The van der Waals surface area contributed by atoms with Crippen molar-refractivity contribution in [1.82, 2.24) is 9.80 Å². The Morgan fingerprint density at radius 2 is 1.14 bits per heavy atom. The Morgan fingerprint density at radius 3 is 1.62 bits per heavy atom. The van der Waals surface area contributed by atoms with Crippen molar-refractivity contribution >= 4 is 29.3 Å². The highest BCUT2D eigenvalue weighted by Crippen LogP contribution is 2.27. The summed E-state index contributed by atoms with van der Waals surface area (Å²) in [4.78, 5) is 62.0. The zero-order valence-corrected chi connectivity index (χ0v) is 15.2. The summed E-state index contributed by atoms with van der Waals surface area (Å²) in [6.45, 7) is 0.282. The Kier molecular flexibility index (Phi) is 4.42. The van der Waals surface area contributed by atoms with E-state index in [9.17, 15) is 29.3 Å². The maximum atomic E-state index is 12.4. The Labute approximate surface area is 164 Å². The normalized spacial score (nSPS) is 15.2. The smallest absolute Gasteiger partial charge is 0.270 e. The number of amides is 4. The molecule has 0 unspecified atom stereocenters. The van der Waals surface area contributed by atoms with Gasteiger partial charge in [-0.1, -0.05) is 12.1 Å². The van der Waals surface area contributed by atoms with Gasteiger partial charge in [0.05, 0.1) is 27.2 Å². The first-order valence-electron chi connectivity index (χ1n) is 9.00. The second-order valence-electron chi connectivity index (χ2n) is 6.76. The summed E-state index contributed by atoms with van der Waals surface area (Å²) in [5.41, 5.74) is 0.654. The van der Waals surface area contributed by atoms with Crippen LogP contribution in [0.1, 0.15) is 54.3 Å². The molecule has 0 atom stereocenters. The van der Waals surface area contributed by atoms with Gasteiger partial charge in [-0.2, -0.15) is 0 Å². The van der Waals surface area contributed by atoms with Crippen molar-refractivity contribution in [3.63, 3.8) is 0 Å². The summed E-state index contributed by atoms with van der Waals surface area (Å²) >= 11 is 0. The predicted molar refractivity (Wildman–Crippen MR) is 99.5 cm³/mol. The molecule has 4 amide bonds. The second kappa shape index (κ2) is 6.93. The Bertz CT molecular complexity index is 1060. The number of imide groups is 2. The Hall–Kier alpha value is -3.88. The van der Waals surface area contributed by atoms with Gasteiger partial charge in [-0.15, -0.1) is 0 Å². The largest absolute Gasteiger partial charge is 0.274 e. The molecule has 146 valence electrons. The van der Waals surface area contributed by atoms with Crippen molar-refractivity contribution < 1.29 is 24.1 Å². The highest BCUT2D eigenvalue weighted by atomic mass is 16.6. The zero-order chi connectivity index (χ0) is 20.7. The van der Waals surface area contributed by atoms with E-state index in [-0.39, 0.29) is 41.7 Å². The number of unbranched alkanes of at least 4 members (excludes halogenated alkanes) is 1. The first-order valence-corrected chi connectivity index (χ1v) is 9.00. The van der Waals surface area contributed by atoms with E-state index in [1.807, 2.05) is 0 Å². The van der Waals surface area contributed by atoms with Crippen LogP contribution >= 0.6 is 0 Å². The third-order valence-electron chi connectivity index (χ3n) is 5.06. The van der Waals surface area contributed by atoms with Crippen molar-refractivity contribution in [3.05, 3.63) is 74.8 Å². The van der Waals surface area contributed by atoms with E-state index < -0.39 is 16.7 Å². The number of non-ortho nitro benzene ring substituents is 1. The molecule has 2 aromatic carbocycles. The van der Waals surface area contributed by atoms with Crippen LogP contribution < -0.4 is 0 Å². The summed E-state index contributed by atoms with van der Waals surface area (Å²) < 4.78 is 0. The average molecular weight is 393 g/mol. The minimum absolute atomic E-state index is 0.0181. The fourth-order valence-corrected chi connectivity index (χ4v) is 3.58. The van der Waals surface area contributed by atoms with Crippen LogP contribution in [0.5, 0.6) is 0 Å². The second-order valence-corrected chi connectivity index (χ2v) is 6.76. The molecule has 0 radical (unpaired) electrons. The van der Waals surface area contributed by atoms with E-state index in [0.29, 0.717) is 24.0 Å². The van der Waals surface area contributed by atoms with E-state index >= 15 is 0 Å². The molecule has 0 bridgehead atoms. The van der Waals surface area contributed by atoms with Gasteiger partial charge in [-0.3, -0.25) is 39.1 Å². The average Bonchev–Trinajstić information content (AvgIpc) is 3.11. The van der Waals surface area contributed by atoms with Gasteiger partial charge in [0.2, 0.25) is 0 Å². The van der Waals surface area contributed by atoms with Crippen LogP contribution in [0.3, 0.4) is 0 Å². The highest BCUT2D eigenvalue weighted by molar-refractivity contribution is 6.22. The molecule has 2 aromatic rings. The molecule has 4 rings (SSSR count). The lowest BCUT2D eigenvalue weighted by molar-refractivity contribution is -0.384. The number of carbonyl (C=O) groups is 4. The van der Waals surface area contributed by atoms with E-state index in [2.05, 4.69) is 0 Å². The van der Waals surface area contributed by atoms with Gasteiger partial charge >= 0.3 is 0 Å². The molecule has 0 N–H and O–H groups in total. The molecule has 29 heavy (non-hydrogen) atoms. The van der Waals surface area contributed by atoms with Crippen molar-refractivity contribution in [3.8, 4) is 0 Å². The zero-order valence-electron chi connectivity index (χ0n) is 15.2. The first-order chi connectivity index (χ1) is 13.9. The molecule has 9 nitrogen and oxygen atoms in total. The van der Waals surface area contributed by atoms with Crippen molar-refractivity contribution in [1.29, 1.82) is 0 Å². The number of hydrogen-bond donors (Lipinski definition) is 0. The molecule has 0 fully saturated rings. The van der Waals surface area contributed by atoms with Crippen LogP contribution in [0.15, 0.2) is 42.5 Å². The van der Waals surface area contributed by atoms with E-state index in [0.717, 1.165) is 15.9 Å². The van der Waals surface area contributed by atoms with Crippen LogP contribution in [0.25, 0.3) is 0 Å². The van der Waals surface area contributed by atoms with Crippen LogP contribution in [0.2, 0.25) is 0 Å². The SMILES string of the molecule is O=C1c2ccccc2C(=O)N1CCCCN1C(=O)c2ccc([N+](=O)[O-])cc2C1=O. The maximum Gasteiger partial charge on any atom is 0.270 e. The number of rotatable bonds is 6. The summed E-state index contributed by atoms with van der Waals surface area (Å²) in [7, 11) is 0. The molecule has 2 heterocycles. The number of fused-ring (bicyclic) bond motifs is 2. The molecule has 2 aliphatic rings. The minimum Gasteiger partial charge on any atom is -0.274 e. The third-order valence-corrected chi connectivity index (χ3v) is 5.06. The van der Waals surface area contributed by atoms with Gasteiger partial charge in [0, 0.05) is 25.2 Å². The topological polar surface area (TPSA) is 118 Å². The molecule has 2 aliphatic heterocycles. The number of benzene rings is 2. The Balaban J connectivity index is 1.37. The lowest BCUT2D eigenvalue weighted by Gasteiger charge is -2.16. The summed E-state index contributed by atoms with van der Waals surface area (Å²) in [5.74, 6) is -1.77. The highest BCUT2D eigenvalue weighted by Gasteiger charge is 2.37. The molecule has 0 spiro atoms. The van der Waals surface area contributed by atoms with Crippen LogP contribution in [-0.2, 0) is 0 Å². The summed E-state index contributed by atoms with van der Waals surface area (Å²) in [6, 6.07) is 10.2. The summed E-state index contributed by atoms with van der Waals surface area (Å²) in [5, 5.41) is 10.9. The van der Waals surface area contributed by atoms with E-state index in [1.54, 1.807) is 24.3 Å². The van der Waals surface area contributed by atoms with Gasteiger partial charge < -0.3 is 0 Å². The van der Waals surface area contributed by atoms with Crippen LogP contribution in [0.4, 0.5) is 5.69 Å². The quantitative estimate of drug-likeness (QED) is 0.321. The molecule has 0 aliphatic carbocycles. The molecular weight excluding hydrogens is 378 g/mol. The molecular formula is C20H15N3O6. The standard InChI is InChI=1S/C20H15N3O6/c24-17-13-5-1-2-6-14(13)18(25)21(17)9-3-4-10-22-19(26)15-8-7-12(23(28)29)11-16(15)20(22)27/h1-2,5-8,11H,3-4,9-10H2. The Morgan fingerprint density at radius 1 is 0.690 bits per heavy atom. The molecule has 9 heteroatoms. The molecule has 0 saturated heterocycles. The number of nitro benzene ring substituents is 1. The van der Waals surface area contributed by atoms with Gasteiger partial charge in [0.1, 0.15) is 0 Å². The van der Waals surface area contributed by atoms with E-state index in [1.165, 1.54) is 12.1 Å². The predicted octanol–water partition coefficient (Wildman–Crippen LogP) is 2.27. The van der Waals surface area contributed by atoms with E-state index in [4.69, 9.17) is 0 Å². The van der Waals surface area contributed by atoms with Gasteiger partial charge in [0.15, 0.2) is 0 Å².